The van der Waals surface area contributed by atoms with Crippen LogP contribution in [-0.2, 0) is 6.54 Å². The molecule has 1 N–H and O–H groups in total. The summed E-state index contributed by atoms with van der Waals surface area (Å²) in [5.74, 6) is -1.80. The Hall–Kier alpha value is -1.16. The first-order valence-electron chi connectivity index (χ1n) is 4.45. The number of ether oxygens (including phenoxy) is 1. The molecule has 0 saturated heterocycles. The van der Waals surface area contributed by atoms with Crippen molar-refractivity contribution in [2.45, 2.75) is 13.5 Å². The van der Waals surface area contributed by atoms with Crippen LogP contribution < -0.4 is 10.1 Å². The molecule has 2 nitrogen and oxygen atoms in total. The van der Waals surface area contributed by atoms with Gasteiger partial charge < -0.3 is 10.1 Å². The highest BCUT2D eigenvalue weighted by atomic mass is 19.2. The summed E-state index contributed by atoms with van der Waals surface area (Å²) in [7, 11) is 1.73. The van der Waals surface area contributed by atoms with Crippen molar-refractivity contribution in [1.29, 1.82) is 0 Å². The Labute approximate surface area is 81.9 Å². The number of rotatable bonds is 4. The maximum atomic E-state index is 13.2. The number of nitrogens with one attached hydrogen (secondary N) is 1. The van der Waals surface area contributed by atoms with Crippen molar-refractivity contribution in [3.8, 4) is 5.75 Å². The fourth-order valence-electron chi connectivity index (χ4n) is 1.20. The average molecular weight is 201 g/mol. The van der Waals surface area contributed by atoms with Crippen LogP contribution in [0, 0.1) is 11.6 Å². The molecule has 0 aromatic heterocycles. The van der Waals surface area contributed by atoms with Gasteiger partial charge in [0.05, 0.1) is 6.61 Å². The van der Waals surface area contributed by atoms with Gasteiger partial charge in [0.25, 0.3) is 0 Å². The third-order valence-corrected chi connectivity index (χ3v) is 1.79. The molecule has 0 spiro atoms. The van der Waals surface area contributed by atoms with Crippen molar-refractivity contribution in [2.24, 2.45) is 0 Å². The third kappa shape index (κ3) is 2.20. The van der Waals surface area contributed by atoms with Crippen molar-refractivity contribution in [1.82, 2.24) is 5.32 Å². The Morgan fingerprint density at radius 3 is 2.64 bits per heavy atom. The number of benzene rings is 1. The molecule has 0 heterocycles. The van der Waals surface area contributed by atoms with Gasteiger partial charge >= 0.3 is 0 Å². The summed E-state index contributed by atoms with van der Waals surface area (Å²) < 4.78 is 31.1. The van der Waals surface area contributed by atoms with E-state index in [1.807, 2.05) is 0 Å². The van der Waals surface area contributed by atoms with Crippen LogP contribution in [0.25, 0.3) is 0 Å². The van der Waals surface area contributed by atoms with Gasteiger partial charge in [-0.3, -0.25) is 0 Å². The minimum absolute atomic E-state index is 0.00171. The average Bonchev–Trinajstić information content (AvgIpc) is 2.18. The van der Waals surface area contributed by atoms with Gasteiger partial charge in [0.15, 0.2) is 11.6 Å². The molecule has 0 atom stereocenters. The maximum Gasteiger partial charge on any atom is 0.200 e. The van der Waals surface area contributed by atoms with Gasteiger partial charge in [0.2, 0.25) is 5.82 Å². The second kappa shape index (κ2) is 4.91. The molecule has 14 heavy (non-hydrogen) atoms. The molecule has 0 bridgehead atoms. The second-order valence-electron chi connectivity index (χ2n) is 2.81. The van der Waals surface area contributed by atoms with E-state index < -0.39 is 11.6 Å². The molecule has 0 aliphatic heterocycles. The summed E-state index contributed by atoms with van der Waals surface area (Å²) in [6, 6.07) is 2.62. The van der Waals surface area contributed by atoms with E-state index in [4.69, 9.17) is 4.74 Å². The summed E-state index contributed by atoms with van der Waals surface area (Å²) >= 11 is 0. The van der Waals surface area contributed by atoms with E-state index in [9.17, 15) is 8.78 Å². The van der Waals surface area contributed by atoms with Gasteiger partial charge in [-0.1, -0.05) is 6.07 Å². The van der Waals surface area contributed by atoms with Gasteiger partial charge in [-0.15, -0.1) is 0 Å². The molecular weight excluding hydrogens is 188 g/mol. The van der Waals surface area contributed by atoms with Crippen LogP contribution in [-0.4, -0.2) is 13.7 Å². The first-order chi connectivity index (χ1) is 6.70. The molecule has 0 saturated carbocycles. The number of hydrogen-bond acceptors (Lipinski definition) is 2. The summed E-state index contributed by atoms with van der Waals surface area (Å²) in [6.07, 6.45) is 0. The normalized spacial score (nSPS) is 10.3. The standard InChI is InChI=1S/C10H13F2NO/c1-3-14-10-7(6-13-2)4-5-8(11)9(10)12/h4-5,13H,3,6H2,1-2H3. The summed E-state index contributed by atoms with van der Waals surface area (Å²) in [4.78, 5) is 0. The smallest absolute Gasteiger partial charge is 0.200 e. The van der Waals surface area contributed by atoms with E-state index in [2.05, 4.69) is 5.32 Å². The van der Waals surface area contributed by atoms with E-state index in [0.717, 1.165) is 6.07 Å². The van der Waals surface area contributed by atoms with Gasteiger partial charge in [-0.25, -0.2) is 4.39 Å². The van der Waals surface area contributed by atoms with E-state index in [1.165, 1.54) is 6.07 Å². The topological polar surface area (TPSA) is 21.3 Å². The highest BCUT2D eigenvalue weighted by molar-refractivity contribution is 5.35. The van der Waals surface area contributed by atoms with Gasteiger partial charge in [-0.05, 0) is 20.0 Å². The van der Waals surface area contributed by atoms with Crippen molar-refractivity contribution in [3.05, 3.63) is 29.3 Å². The predicted octanol–water partition coefficient (Wildman–Crippen LogP) is 2.08. The Morgan fingerprint density at radius 1 is 1.36 bits per heavy atom. The zero-order valence-electron chi connectivity index (χ0n) is 8.23. The lowest BCUT2D eigenvalue weighted by atomic mass is 10.2. The first kappa shape index (κ1) is 10.9. The zero-order valence-corrected chi connectivity index (χ0v) is 8.23. The first-order valence-corrected chi connectivity index (χ1v) is 4.45. The van der Waals surface area contributed by atoms with Crippen LogP contribution in [0.15, 0.2) is 12.1 Å². The van der Waals surface area contributed by atoms with Crippen molar-refractivity contribution >= 4 is 0 Å². The number of halogens is 2. The SMILES string of the molecule is CCOc1c(CNC)ccc(F)c1F. The number of hydrogen-bond donors (Lipinski definition) is 1. The predicted molar refractivity (Wildman–Crippen MR) is 50.3 cm³/mol. The Kier molecular flexibility index (Phi) is 3.83. The fourth-order valence-corrected chi connectivity index (χ4v) is 1.20. The molecular formula is C10H13F2NO. The lowest BCUT2D eigenvalue weighted by Crippen LogP contribution is -2.09. The van der Waals surface area contributed by atoms with Crippen LogP contribution >= 0.6 is 0 Å². The van der Waals surface area contributed by atoms with E-state index >= 15 is 0 Å². The molecule has 1 aromatic carbocycles. The quantitative estimate of drug-likeness (QED) is 0.805. The van der Waals surface area contributed by atoms with E-state index in [-0.39, 0.29) is 5.75 Å². The van der Waals surface area contributed by atoms with Crippen molar-refractivity contribution in [3.63, 3.8) is 0 Å². The fraction of sp³-hybridized carbons (Fsp3) is 0.400. The largest absolute Gasteiger partial charge is 0.490 e. The molecule has 0 fully saturated rings. The second-order valence-corrected chi connectivity index (χ2v) is 2.81. The summed E-state index contributed by atoms with van der Waals surface area (Å²) in [5.41, 5.74) is 0.619. The Balaban J connectivity index is 3.08. The highest BCUT2D eigenvalue weighted by Gasteiger charge is 2.13. The van der Waals surface area contributed by atoms with Crippen molar-refractivity contribution in [2.75, 3.05) is 13.7 Å². The van der Waals surface area contributed by atoms with Crippen LogP contribution in [0.3, 0.4) is 0 Å². The van der Waals surface area contributed by atoms with Crippen LogP contribution in [0.2, 0.25) is 0 Å². The lowest BCUT2D eigenvalue weighted by molar-refractivity contribution is 0.309. The molecule has 1 rings (SSSR count). The molecule has 1 aromatic rings. The minimum atomic E-state index is -0.917. The van der Waals surface area contributed by atoms with Crippen LogP contribution in [0.4, 0.5) is 8.78 Å². The molecule has 0 radical (unpaired) electrons. The van der Waals surface area contributed by atoms with E-state index in [1.54, 1.807) is 14.0 Å². The van der Waals surface area contributed by atoms with Crippen molar-refractivity contribution < 1.29 is 13.5 Å². The summed E-state index contributed by atoms with van der Waals surface area (Å²) in [6.45, 7) is 2.50. The molecule has 0 unspecified atom stereocenters. The molecule has 0 amide bonds. The van der Waals surface area contributed by atoms with E-state index in [0.29, 0.717) is 18.7 Å². The maximum absolute atomic E-state index is 13.2. The minimum Gasteiger partial charge on any atom is -0.490 e. The summed E-state index contributed by atoms with van der Waals surface area (Å²) in [5, 5.41) is 2.86. The molecule has 78 valence electrons. The highest BCUT2D eigenvalue weighted by Crippen LogP contribution is 2.24. The Bertz CT molecular complexity index is 315. The molecule has 4 heteroatoms. The third-order valence-electron chi connectivity index (χ3n) is 1.79. The van der Waals surface area contributed by atoms with Crippen LogP contribution in [0.5, 0.6) is 5.75 Å². The van der Waals surface area contributed by atoms with Gasteiger partial charge in [-0.2, -0.15) is 4.39 Å². The van der Waals surface area contributed by atoms with Crippen LogP contribution in [0.1, 0.15) is 12.5 Å². The zero-order chi connectivity index (χ0) is 10.6. The monoisotopic (exact) mass is 201 g/mol. The van der Waals surface area contributed by atoms with Gasteiger partial charge in [0, 0.05) is 12.1 Å². The lowest BCUT2D eigenvalue weighted by Gasteiger charge is -2.10. The Morgan fingerprint density at radius 2 is 2.07 bits per heavy atom. The molecule has 0 aliphatic rings. The molecule has 0 aliphatic carbocycles. The van der Waals surface area contributed by atoms with Gasteiger partial charge in [0.1, 0.15) is 0 Å².